The van der Waals surface area contributed by atoms with Crippen molar-refractivity contribution in [3.05, 3.63) is 85.4 Å². The number of sulfonamides is 1. The molecule has 1 aromatic heterocycles. The Bertz CT molecular complexity index is 1750. The number of hydrogen-bond donors (Lipinski definition) is 1. The predicted octanol–water partition coefficient (Wildman–Crippen LogP) is 2.76. The highest BCUT2D eigenvalue weighted by molar-refractivity contribution is 8.15. The van der Waals surface area contributed by atoms with Crippen molar-refractivity contribution in [1.82, 2.24) is 14.0 Å². The Labute approximate surface area is 226 Å². The summed E-state index contributed by atoms with van der Waals surface area (Å²) in [6.07, 6.45) is -5.00. The van der Waals surface area contributed by atoms with E-state index in [1.54, 1.807) is 0 Å². The van der Waals surface area contributed by atoms with Crippen molar-refractivity contribution >= 4 is 50.1 Å². The molecule has 1 aliphatic heterocycles. The molecule has 1 fully saturated rings. The summed E-state index contributed by atoms with van der Waals surface area (Å²) in [5, 5.41) is 4.93. The number of amidine groups is 1. The van der Waals surface area contributed by atoms with Crippen LogP contribution < -0.4 is 16.4 Å². The average Bonchev–Trinajstić information content (AvgIpc) is 3.17. The minimum atomic E-state index is -5.00. The molecule has 1 aliphatic rings. The summed E-state index contributed by atoms with van der Waals surface area (Å²) in [7, 11) is -3.14. The number of amides is 1. The van der Waals surface area contributed by atoms with Gasteiger partial charge in [-0.15, -0.1) is 0 Å². The molecule has 39 heavy (non-hydrogen) atoms. The molecule has 3 aromatic rings. The Hall–Kier alpha value is -3.47. The number of benzene rings is 2. The fourth-order valence-corrected chi connectivity index (χ4v) is 5.21. The SMILES string of the molecule is Cn1c(C(F)(F)F)cc(=O)n(-c2cc(N=C3SCC(=O)N3Cc3ccc(S(N)(=O)=O)cc3)c(Cl)cc2F)c1=O. The van der Waals surface area contributed by atoms with E-state index >= 15 is 0 Å². The van der Waals surface area contributed by atoms with Gasteiger partial charge in [-0.05, 0) is 29.8 Å². The van der Waals surface area contributed by atoms with E-state index in [0.29, 0.717) is 5.56 Å². The molecule has 17 heteroatoms. The lowest BCUT2D eigenvalue weighted by molar-refractivity contribution is -0.144. The largest absolute Gasteiger partial charge is 0.431 e. The van der Waals surface area contributed by atoms with Gasteiger partial charge in [0.25, 0.3) is 5.56 Å². The lowest BCUT2D eigenvalue weighted by atomic mass is 10.2. The van der Waals surface area contributed by atoms with Crippen molar-refractivity contribution in [3.63, 3.8) is 0 Å². The number of carbonyl (C=O) groups is 1. The van der Waals surface area contributed by atoms with Crippen molar-refractivity contribution in [2.45, 2.75) is 17.6 Å². The van der Waals surface area contributed by atoms with E-state index in [9.17, 15) is 40.4 Å². The quantitative estimate of drug-likeness (QED) is 0.444. The van der Waals surface area contributed by atoms with Gasteiger partial charge in [-0.2, -0.15) is 13.2 Å². The Kier molecular flexibility index (Phi) is 7.50. The third-order valence-electron chi connectivity index (χ3n) is 5.53. The first-order chi connectivity index (χ1) is 18.1. The number of halogens is 5. The molecule has 0 bridgehead atoms. The van der Waals surface area contributed by atoms with Crippen molar-refractivity contribution in [3.8, 4) is 5.69 Å². The smallest absolute Gasteiger partial charge is 0.292 e. The number of rotatable bonds is 5. The molecule has 2 aromatic carbocycles. The number of aliphatic imine (C=N–C) groups is 1. The van der Waals surface area contributed by atoms with Crippen molar-refractivity contribution in [2.75, 3.05) is 5.75 Å². The van der Waals surface area contributed by atoms with Crippen LogP contribution in [0.15, 0.2) is 61.9 Å². The molecule has 1 saturated heterocycles. The highest BCUT2D eigenvalue weighted by Crippen LogP contribution is 2.33. The van der Waals surface area contributed by atoms with Crippen LogP contribution in [0.5, 0.6) is 0 Å². The molecule has 0 atom stereocenters. The number of hydrogen-bond acceptors (Lipinski definition) is 7. The lowest BCUT2D eigenvalue weighted by Gasteiger charge is -2.17. The van der Waals surface area contributed by atoms with Gasteiger partial charge in [0.05, 0.1) is 33.6 Å². The molecular weight excluding hydrogens is 590 g/mol. The summed E-state index contributed by atoms with van der Waals surface area (Å²) in [6, 6.07) is 7.23. The summed E-state index contributed by atoms with van der Waals surface area (Å²) in [6.45, 7) is -0.0276. The van der Waals surface area contributed by atoms with E-state index < -0.39 is 44.6 Å². The Morgan fingerprint density at radius 3 is 2.33 bits per heavy atom. The maximum absolute atomic E-state index is 14.8. The highest BCUT2D eigenvalue weighted by Gasteiger charge is 2.35. The number of alkyl halides is 3. The third kappa shape index (κ3) is 5.78. The van der Waals surface area contributed by atoms with Gasteiger partial charge in [0.1, 0.15) is 11.5 Å². The van der Waals surface area contributed by atoms with Gasteiger partial charge < -0.3 is 0 Å². The van der Waals surface area contributed by atoms with E-state index in [-0.39, 0.29) is 54.2 Å². The molecule has 2 heterocycles. The highest BCUT2D eigenvalue weighted by atomic mass is 35.5. The van der Waals surface area contributed by atoms with E-state index in [1.165, 1.54) is 29.2 Å². The molecule has 0 unspecified atom stereocenters. The molecule has 1 amide bonds. The Morgan fingerprint density at radius 2 is 1.74 bits per heavy atom. The van der Waals surface area contributed by atoms with Crippen LogP contribution in [0.3, 0.4) is 0 Å². The van der Waals surface area contributed by atoms with E-state index in [4.69, 9.17) is 16.7 Å². The fraction of sp³-hybridized carbons (Fsp3) is 0.182. The number of nitrogens with two attached hydrogens (primary N) is 1. The molecule has 2 N–H and O–H groups in total. The number of primary sulfonamides is 1. The van der Waals surface area contributed by atoms with Crippen LogP contribution in [0.1, 0.15) is 11.3 Å². The normalized spacial score (nSPS) is 15.4. The molecule has 10 nitrogen and oxygen atoms in total. The number of aromatic nitrogens is 2. The summed E-state index contributed by atoms with van der Waals surface area (Å²) in [4.78, 5) is 43.0. The Morgan fingerprint density at radius 1 is 1.10 bits per heavy atom. The second-order valence-corrected chi connectivity index (χ2v) is 11.1. The van der Waals surface area contributed by atoms with Crippen LogP contribution in [0.4, 0.5) is 23.2 Å². The van der Waals surface area contributed by atoms with Crippen LogP contribution in [0.25, 0.3) is 5.69 Å². The first-order valence-corrected chi connectivity index (χ1v) is 13.5. The van der Waals surface area contributed by atoms with Gasteiger partial charge in [-0.25, -0.2) is 32.3 Å². The van der Waals surface area contributed by atoms with Crippen LogP contribution in [-0.2, 0) is 34.6 Å². The maximum atomic E-state index is 14.8. The molecule has 0 aliphatic carbocycles. The first kappa shape index (κ1) is 28.5. The minimum absolute atomic E-state index is 0.0152. The third-order valence-corrected chi connectivity index (χ3v) is 7.73. The van der Waals surface area contributed by atoms with Crippen LogP contribution in [-0.4, -0.2) is 39.3 Å². The van der Waals surface area contributed by atoms with Gasteiger partial charge in [-0.3, -0.25) is 19.1 Å². The van der Waals surface area contributed by atoms with Gasteiger partial charge in [0.2, 0.25) is 15.9 Å². The van der Waals surface area contributed by atoms with Gasteiger partial charge in [-0.1, -0.05) is 35.5 Å². The Balaban J connectivity index is 1.75. The van der Waals surface area contributed by atoms with Crippen LogP contribution in [0.2, 0.25) is 5.02 Å². The number of thioether (sulfide) groups is 1. The predicted molar refractivity (Wildman–Crippen MR) is 135 cm³/mol. The second kappa shape index (κ2) is 10.3. The molecule has 0 spiro atoms. The molecule has 0 saturated carbocycles. The van der Waals surface area contributed by atoms with Crippen molar-refractivity contribution in [2.24, 2.45) is 17.2 Å². The monoisotopic (exact) mass is 605 g/mol. The van der Waals surface area contributed by atoms with Gasteiger partial charge in [0, 0.05) is 13.1 Å². The molecule has 206 valence electrons. The van der Waals surface area contributed by atoms with Gasteiger partial charge >= 0.3 is 11.9 Å². The molecule has 4 rings (SSSR count). The zero-order chi connectivity index (χ0) is 28.9. The number of nitrogens with zero attached hydrogens (tertiary/aromatic N) is 4. The summed E-state index contributed by atoms with van der Waals surface area (Å²) in [5.41, 5.74) is -4.75. The standard InChI is InChI=1S/C22H16ClF4N5O5S2/c1-30-17(22(25,26)27)8-18(33)32(21(30)35)16-7-15(13(23)6-14(16)24)29-20-31(19(34)10-38-20)9-11-2-4-12(5-3-11)39(28,36)37/h2-8H,9-10H2,1H3,(H2,28,36,37). The summed E-state index contributed by atoms with van der Waals surface area (Å²) in [5.74, 6) is -1.55. The first-order valence-electron chi connectivity index (χ1n) is 10.6. The summed E-state index contributed by atoms with van der Waals surface area (Å²) >= 11 is 7.13. The summed E-state index contributed by atoms with van der Waals surface area (Å²) < 4.78 is 77.6. The van der Waals surface area contributed by atoms with E-state index in [1.807, 2.05) is 0 Å². The topological polar surface area (TPSA) is 137 Å². The second-order valence-electron chi connectivity index (χ2n) is 8.15. The average molecular weight is 606 g/mol. The molecule has 0 radical (unpaired) electrons. The fourth-order valence-electron chi connectivity index (χ4n) is 3.61. The molecular formula is C22H16ClF4N5O5S2. The number of carbonyl (C=O) groups excluding carboxylic acids is 1. The zero-order valence-corrected chi connectivity index (χ0v) is 22.0. The van der Waals surface area contributed by atoms with E-state index in [0.717, 1.165) is 30.9 Å². The van der Waals surface area contributed by atoms with Crippen LogP contribution >= 0.6 is 23.4 Å². The van der Waals surface area contributed by atoms with Gasteiger partial charge in [0.15, 0.2) is 5.17 Å². The maximum Gasteiger partial charge on any atom is 0.431 e. The van der Waals surface area contributed by atoms with Crippen LogP contribution in [0, 0.1) is 5.82 Å². The zero-order valence-electron chi connectivity index (χ0n) is 19.6. The van der Waals surface area contributed by atoms with Crippen molar-refractivity contribution < 1.29 is 30.8 Å². The minimum Gasteiger partial charge on any atom is -0.292 e. The lowest BCUT2D eigenvalue weighted by Crippen LogP contribution is -2.41. The van der Waals surface area contributed by atoms with Crippen molar-refractivity contribution in [1.29, 1.82) is 0 Å². The van der Waals surface area contributed by atoms with E-state index in [2.05, 4.69) is 4.99 Å².